The second kappa shape index (κ2) is 6.23. The SMILES string of the molecule is CCNc1ccc(C(=O)NCc2ncc(C)o2)cc1C. The first kappa shape index (κ1) is 14.1. The van der Waals surface area contributed by atoms with Crippen LogP contribution in [0.1, 0.15) is 34.5 Å². The second-order valence-corrected chi connectivity index (χ2v) is 4.61. The number of oxazole rings is 1. The third-order valence-electron chi connectivity index (χ3n) is 2.93. The minimum atomic E-state index is -0.132. The maximum atomic E-state index is 12.0. The summed E-state index contributed by atoms with van der Waals surface area (Å²) >= 11 is 0. The minimum absolute atomic E-state index is 0.132. The van der Waals surface area contributed by atoms with E-state index in [2.05, 4.69) is 15.6 Å². The van der Waals surface area contributed by atoms with Crippen molar-refractivity contribution in [3.8, 4) is 0 Å². The largest absolute Gasteiger partial charge is 0.444 e. The Morgan fingerprint density at radius 3 is 2.75 bits per heavy atom. The van der Waals surface area contributed by atoms with Crippen molar-refractivity contribution in [3.05, 3.63) is 47.2 Å². The predicted octanol–water partition coefficient (Wildman–Crippen LogP) is 2.65. The van der Waals surface area contributed by atoms with Crippen LogP contribution in [0, 0.1) is 13.8 Å². The van der Waals surface area contributed by atoms with Gasteiger partial charge in [0.2, 0.25) is 5.89 Å². The van der Waals surface area contributed by atoms with Crippen LogP contribution in [-0.4, -0.2) is 17.4 Å². The van der Waals surface area contributed by atoms with Gasteiger partial charge < -0.3 is 15.1 Å². The summed E-state index contributed by atoms with van der Waals surface area (Å²) in [7, 11) is 0. The molecule has 20 heavy (non-hydrogen) atoms. The first-order valence-corrected chi connectivity index (χ1v) is 6.64. The fraction of sp³-hybridized carbons (Fsp3) is 0.333. The zero-order valence-corrected chi connectivity index (χ0v) is 12.0. The lowest BCUT2D eigenvalue weighted by molar-refractivity contribution is 0.0947. The number of carbonyl (C=O) groups excluding carboxylic acids is 1. The summed E-state index contributed by atoms with van der Waals surface area (Å²) in [6.07, 6.45) is 1.64. The topological polar surface area (TPSA) is 67.2 Å². The van der Waals surface area contributed by atoms with Crippen LogP contribution in [0.15, 0.2) is 28.8 Å². The predicted molar refractivity (Wildman–Crippen MR) is 77.8 cm³/mol. The molecular formula is C15H19N3O2. The lowest BCUT2D eigenvalue weighted by atomic mass is 10.1. The molecule has 0 unspecified atom stereocenters. The third kappa shape index (κ3) is 3.38. The number of aromatic nitrogens is 1. The number of rotatable bonds is 5. The van der Waals surface area contributed by atoms with E-state index in [1.165, 1.54) is 0 Å². The highest BCUT2D eigenvalue weighted by atomic mass is 16.4. The smallest absolute Gasteiger partial charge is 0.251 e. The number of carbonyl (C=O) groups is 1. The molecule has 0 spiro atoms. The number of nitrogens with one attached hydrogen (secondary N) is 2. The van der Waals surface area contributed by atoms with Gasteiger partial charge in [0.15, 0.2) is 0 Å². The van der Waals surface area contributed by atoms with Crippen LogP contribution in [0.4, 0.5) is 5.69 Å². The maximum absolute atomic E-state index is 12.0. The summed E-state index contributed by atoms with van der Waals surface area (Å²) < 4.78 is 5.31. The van der Waals surface area contributed by atoms with E-state index >= 15 is 0 Å². The summed E-state index contributed by atoms with van der Waals surface area (Å²) in [4.78, 5) is 16.1. The lowest BCUT2D eigenvalue weighted by Crippen LogP contribution is -2.23. The monoisotopic (exact) mass is 273 g/mol. The van der Waals surface area contributed by atoms with Gasteiger partial charge in [-0.05, 0) is 44.5 Å². The van der Waals surface area contributed by atoms with Crippen LogP contribution in [0.25, 0.3) is 0 Å². The van der Waals surface area contributed by atoms with Crippen LogP contribution in [0.5, 0.6) is 0 Å². The molecule has 2 rings (SSSR count). The number of benzene rings is 1. The molecule has 0 saturated heterocycles. The van der Waals surface area contributed by atoms with Crippen LogP contribution < -0.4 is 10.6 Å². The highest BCUT2D eigenvalue weighted by Crippen LogP contribution is 2.16. The number of nitrogens with zero attached hydrogens (tertiary/aromatic N) is 1. The van der Waals surface area contributed by atoms with Crippen LogP contribution in [0.2, 0.25) is 0 Å². The Kier molecular flexibility index (Phi) is 4.40. The number of aryl methyl sites for hydroxylation is 2. The lowest BCUT2D eigenvalue weighted by Gasteiger charge is -2.09. The van der Waals surface area contributed by atoms with Gasteiger partial charge in [0.1, 0.15) is 5.76 Å². The van der Waals surface area contributed by atoms with Crippen molar-refractivity contribution in [2.24, 2.45) is 0 Å². The molecule has 1 aromatic carbocycles. The van der Waals surface area contributed by atoms with Crippen molar-refractivity contribution in [2.75, 3.05) is 11.9 Å². The standard InChI is InChI=1S/C15H19N3O2/c1-4-16-13-6-5-12(7-10(13)2)15(19)18-9-14-17-8-11(3)20-14/h5-8,16H,4,9H2,1-3H3,(H,18,19). The van der Waals surface area contributed by atoms with E-state index in [9.17, 15) is 4.79 Å². The highest BCUT2D eigenvalue weighted by molar-refractivity contribution is 5.94. The average molecular weight is 273 g/mol. The van der Waals surface area contributed by atoms with Crippen molar-refractivity contribution in [3.63, 3.8) is 0 Å². The molecule has 0 radical (unpaired) electrons. The van der Waals surface area contributed by atoms with Crippen molar-refractivity contribution < 1.29 is 9.21 Å². The van der Waals surface area contributed by atoms with Gasteiger partial charge in [-0.25, -0.2) is 4.98 Å². The highest BCUT2D eigenvalue weighted by Gasteiger charge is 2.09. The number of amides is 1. The van der Waals surface area contributed by atoms with E-state index in [1.54, 1.807) is 12.3 Å². The van der Waals surface area contributed by atoms with E-state index in [4.69, 9.17) is 4.42 Å². The van der Waals surface area contributed by atoms with Crippen molar-refractivity contribution >= 4 is 11.6 Å². The summed E-state index contributed by atoms with van der Waals surface area (Å²) in [5, 5.41) is 6.04. The molecule has 0 aliphatic rings. The molecular weight excluding hydrogens is 254 g/mol. The molecule has 5 nitrogen and oxygen atoms in total. The van der Waals surface area contributed by atoms with Crippen molar-refractivity contribution in [1.82, 2.24) is 10.3 Å². The molecule has 5 heteroatoms. The van der Waals surface area contributed by atoms with Crippen molar-refractivity contribution in [2.45, 2.75) is 27.3 Å². The Labute approximate surface area is 118 Å². The minimum Gasteiger partial charge on any atom is -0.444 e. The molecule has 0 atom stereocenters. The number of hydrogen-bond acceptors (Lipinski definition) is 4. The van der Waals surface area contributed by atoms with Crippen LogP contribution in [0.3, 0.4) is 0 Å². The third-order valence-corrected chi connectivity index (χ3v) is 2.93. The van der Waals surface area contributed by atoms with Gasteiger partial charge in [0.05, 0.1) is 12.7 Å². The summed E-state index contributed by atoms with van der Waals surface area (Å²) in [5.74, 6) is 1.11. The quantitative estimate of drug-likeness (QED) is 0.879. The van der Waals surface area contributed by atoms with Gasteiger partial charge in [0, 0.05) is 17.8 Å². The second-order valence-electron chi connectivity index (χ2n) is 4.61. The summed E-state index contributed by atoms with van der Waals surface area (Å²) in [6, 6.07) is 5.60. The van der Waals surface area contributed by atoms with Gasteiger partial charge in [-0.1, -0.05) is 0 Å². The zero-order valence-electron chi connectivity index (χ0n) is 12.0. The zero-order chi connectivity index (χ0) is 14.5. The molecule has 0 fully saturated rings. The fourth-order valence-corrected chi connectivity index (χ4v) is 1.93. The Morgan fingerprint density at radius 2 is 2.15 bits per heavy atom. The number of anilines is 1. The molecule has 0 bridgehead atoms. The van der Waals surface area contributed by atoms with Gasteiger partial charge in [-0.2, -0.15) is 0 Å². The number of hydrogen-bond donors (Lipinski definition) is 2. The Morgan fingerprint density at radius 1 is 1.35 bits per heavy atom. The average Bonchev–Trinajstić information content (AvgIpc) is 2.84. The molecule has 0 aliphatic carbocycles. The molecule has 1 amide bonds. The van der Waals surface area contributed by atoms with Crippen molar-refractivity contribution in [1.29, 1.82) is 0 Å². The molecule has 1 heterocycles. The molecule has 0 aliphatic heterocycles. The molecule has 2 N–H and O–H groups in total. The fourth-order valence-electron chi connectivity index (χ4n) is 1.93. The summed E-state index contributed by atoms with van der Waals surface area (Å²) in [6.45, 7) is 6.99. The Hall–Kier alpha value is -2.30. The molecule has 2 aromatic rings. The van der Waals surface area contributed by atoms with E-state index in [1.807, 2.05) is 32.9 Å². The van der Waals surface area contributed by atoms with Crippen LogP contribution in [-0.2, 0) is 6.54 Å². The van der Waals surface area contributed by atoms with E-state index in [-0.39, 0.29) is 5.91 Å². The van der Waals surface area contributed by atoms with E-state index < -0.39 is 0 Å². The van der Waals surface area contributed by atoms with E-state index in [0.29, 0.717) is 18.0 Å². The molecule has 106 valence electrons. The summed E-state index contributed by atoms with van der Waals surface area (Å²) in [5.41, 5.74) is 2.73. The van der Waals surface area contributed by atoms with Gasteiger partial charge in [0.25, 0.3) is 5.91 Å². The van der Waals surface area contributed by atoms with E-state index in [0.717, 1.165) is 23.6 Å². The molecule has 1 aromatic heterocycles. The van der Waals surface area contributed by atoms with Gasteiger partial charge in [-0.3, -0.25) is 4.79 Å². The molecule has 0 saturated carbocycles. The normalized spacial score (nSPS) is 10.3. The first-order chi connectivity index (χ1) is 9.60. The van der Waals surface area contributed by atoms with Gasteiger partial charge >= 0.3 is 0 Å². The Balaban J connectivity index is 2.00. The Bertz CT molecular complexity index is 605. The maximum Gasteiger partial charge on any atom is 0.251 e. The van der Waals surface area contributed by atoms with Gasteiger partial charge in [-0.15, -0.1) is 0 Å². The van der Waals surface area contributed by atoms with Crippen LogP contribution >= 0.6 is 0 Å². The first-order valence-electron chi connectivity index (χ1n) is 6.64.